The monoisotopic (exact) mass is 529 g/mol. The molecule has 0 fully saturated rings. The maximum absolute atomic E-state index is 12.3. The number of hydrogen-bond donors (Lipinski definition) is 2. The van der Waals surface area contributed by atoms with Gasteiger partial charge in [0.15, 0.2) is 5.96 Å². The van der Waals surface area contributed by atoms with E-state index in [0.717, 1.165) is 35.7 Å². The Morgan fingerprint density at radius 3 is 2.59 bits per heavy atom. The lowest BCUT2D eigenvalue weighted by molar-refractivity contribution is -0.128. The van der Waals surface area contributed by atoms with Crippen LogP contribution in [-0.4, -0.2) is 55.0 Å². The van der Waals surface area contributed by atoms with Gasteiger partial charge in [-0.2, -0.15) is 0 Å². The number of benzene rings is 1. The summed E-state index contributed by atoms with van der Waals surface area (Å²) in [5, 5.41) is 7.17. The van der Waals surface area contributed by atoms with Crippen molar-refractivity contribution in [3.8, 4) is 0 Å². The number of guanidine groups is 1. The number of halogens is 2. The molecule has 2 rings (SSSR count). The second-order valence-corrected chi connectivity index (χ2v) is 6.76. The minimum absolute atomic E-state index is 0. The summed E-state index contributed by atoms with van der Waals surface area (Å²) in [5.41, 5.74) is 2.05. The van der Waals surface area contributed by atoms with Crippen molar-refractivity contribution in [3.63, 3.8) is 0 Å². The molecule has 0 bridgehead atoms. The number of pyridine rings is 1. The van der Waals surface area contributed by atoms with Crippen LogP contribution >= 0.6 is 35.6 Å². The molecule has 0 aliphatic rings. The molecule has 29 heavy (non-hydrogen) atoms. The molecule has 0 saturated heterocycles. The SMILES string of the molecule is CCNC(=NCC(=O)N(C)CCc1ccccn1)NCCc1ccccc1Cl.I. The molecule has 0 atom stereocenters. The van der Waals surface area contributed by atoms with Gasteiger partial charge in [-0.25, -0.2) is 4.99 Å². The van der Waals surface area contributed by atoms with Crippen molar-refractivity contribution in [2.75, 3.05) is 33.2 Å². The van der Waals surface area contributed by atoms with Gasteiger partial charge >= 0.3 is 0 Å². The van der Waals surface area contributed by atoms with Gasteiger partial charge in [0.2, 0.25) is 5.91 Å². The van der Waals surface area contributed by atoms with E-state index in [1.807, 2.05) is 49.4 Å². The normalized spacial score (nSPS) is 10.8. The van der Waals surface area contributed by atoms with E-state index in [9.17, 15) is 4.79 Å². The third-order valence-corrected chi connectivity index (χ3v) is 4.59. The van der Waals surface area contributed by atoms with Gasteiger partial charge in [0.25, 0.3) is 0 Å². The quantitative estimate of drug-likeness (QED) is 0.297. The van der Waals surface area contributed by atoms with E-state index >= 15 is 0 Å². The first-order chi connectivity index (χ1) is 13.6. The number of hydrogen-bond acceptors (Lipinski definition) is 3. The standard InChI is InChI=1S/C21H28ClN5O.HI/c1-3-23-21(25-14-11-17-8-4-5-10-19(17)22)26-16-20(28)27(2)15-12-18-9-6-7-13-24-18;/h4-10,13H,3,11-12,14-16H2,1-2H3,(H2,23,25,26);1H. The topological polar surface area (TPSA) is 69.6 Å². The lowest BCUT2D eigenvalue weighted by Crippen LogP contribution is -2.39. The first kappa shape index (κ1) is 25.2. The lowest BCUT2D eigenvalue weighted by Gasteiger charge is -2.17. The maximum atomic E-state index is 12.3. The van der Waals surface area contributed by atoms with Gasteiger partial charge in [0.05, 0.1) is 0 Å². The maximum Gasteiger partial charge on any atom is 0.244 e. The van der Waals surface area contributed by atoms with Gasteiger partial charge in [-0.3, -0.25) is 9.78 Å². The fraction of sp³-hybridized carbons (Fsp3) is 0.381. The van der Waals surface area contributed by atoms with Crippen molar-refractivity contribution in [1.29, 1.82) is 0 Å². The molecule has 1 amide bonds. The second kappa shape index (κ2) is 14.2. The number of nitrogens with zero attached hydrogens (tertiary/aromatic N) is 3. The average Bonchev–Trinajstić information content (AvgIpc) is 2.72. The Kier molecular flexibility index (Phi) is 12.3. The van der Waals surface area contributed by atoms with Crippen LogP contribution in [0.1, 0.15) is 18.2 Å². The molecule has 158 valence electrons. The predicted molar refractivity (Wildman–Crippen MR) is 130 cm³/mol. The van der Waals surface area contributed by atoms with Crippen LogP contribution in [0.25, 0.3) is 0 Å². The number of carbonyl (C=O) groups is 1. The zero-order valence-corrected chi connectivity index (χ0v) is 20.0. The van der Waals surface area contributed by atoms with Gasteiger partial charge in [0, 0.05) is 50.0 Å². The van der Waals surface area contributed by atoms with Crippen molar-refractivity contribution in [1.82, 2.24) is 20.5 Å². The van der Waals surface area contributed by atoms with Gasteiger partial charge in [-0.05, 0) is 37.1 Å². The summed E-state index contributed by atoms with van der Waals surface area (Å²) in [4.78, 5) is 22.7. The van der Waals surface area contributed by atoms with Crippen LogP contribution < -0.4 is 10.6 Å². The number of aliphatic imine (C=N–C) groups is 1. The van der Waals surface area contributed by atoms with Gasteiger partial charge < -0.3 is 15.5 Å². The van der Waals surface area contributed by atoms with Crippen molar-refractivity contribution in [3.05, 3.63) is 64.9 Å². The number of nitrogens with one attached hydrogen (secondary N) is 2. The molecule has 1 heterocycles. The van der Waals surface area contributed by atoms with E-state index in [4.69, 9.17) is 11.6 Å². The average molecular weight is 530 g/mol. The third-order valence-electron chi connectivity index (χ3n) is 4.22. The van der Waals surface area contributed by atoms with E-state index < -0.39 is 0 Å². The van der Waals surface area contributed by atoms with Gasteiger partial charge in [-0.1, -0.05) is 35.9 Å². The van der Waals surface area contributed by atoms with E-state index in [1.165, 1.54) is 0 Å². The highest BCUT2D eigenvalue weighted by Crippen LogP contribution is 2.14. The smallest absolute Gasteiger partial charge is 0.244 e. The Morgan fingerprint density at radius 2 is 1.90 bits per heavy atom. The number of rotatable bonds is 9. The molecule has 2 aromatic rings. The number of aromatic nitrogens is 1. The van der Waals surface area contributed by atoms with Crippen LogP contribution in [0.4, 0.5) is 0 Å². The van der Waals surface area contributed by atoms with Crippen LogP contribution in [0.15, 0.2) is 53.7 Å². The number of carbonyl (C=O) groups excluding carboxylic acids is 1. The molecule has 6 nitrogen and oxygen atoms in total. The molecule has 0 radical (unpaired) electrons. The third kappa shape index (κ3) is 9.45. The fourth-order valence-electron chi connectivity index (χ4n) is 2.58. The summed E-state index contributed by atoms with van der Waals surface area (Å²) >= 11 is 6.18. The van der Waals surface area contributed by atoms with Gasteiger partial charge in [-0.15, -0.1) is 24.0 Å². The van der Waals surface area contributed by atoms with Crippen LogP contribution in [0.2, 0.25) is 5.02 Å². The summed E-state index contributed by atoms with van der Waals surface area (Å²) in [5.74, 6) is 0.597. The lowest BCUT2D eigenvalue weighted by atomic mass is 10.1. The van der Waals surface area contributed by atoms with E-state index in [-0.39, 0.29) is 36.4 Å². The molecule has 0 aliphatic heterocycles. The van der Waals surface area contributed by atoms with Crippen LogP contribution in [0.3, 0.4) is 0 Å². The minimum Gasteiger partial charge on any atom is -0.357 e. The molecular weight excluding hydrogens is 501 g/mol. The van der Waals surface area contributed by atoms with Crippen molar-refractivity contribution >= 4 is 47.4 Å². The molecular formula is C21H29ClIN5O. The Labute approximate surface area is 195 Å². The first-order valence-corrected chi connectivity index (χ1v) is 9.87. The van der Waals surface area contributed by atoms with Gasteiger partial charge in [0.1, 0.15) is 6.54 Å². The zero-order chi connectivity index (χ0) is 20.2. The van der Waals surface area contributed by atoms with E-state index in [2.05, 4.69) is 20.6 Å². The molecule has 8 heteroatoms. The molecule has 0 aliphatic carbocycles. The molecule has 0 spiro atoms. The Hall–Kier alpha value is -1.87. The molecule has 2 N–H and O–H groups in total. The first-order valence-electron chi connectivity index (χ1n) is 9.49. The highest BCUT2D eigenvalue weighted by Gasteiger charge is 2.09. The van der Waals surface area contributed by atoms with E-state index in [1.54, 1.807) is 18.1 Å². The Bertz CT molecular complexity index is 773. The van der Waals surface area contributed by atoms with Crippen molar-refractivity contribution in [2.45, 2.75) is 19.8 Å². The zero-order valence-electron chi connectivity index (χ0n) is 16.9. The van der Waals surface area contributed by atoms with Crippen LogP contribution in [-0.2, 0) is 17.6 Å². The highest BCUT2D eigenvalue weighted by atomic mass is 127. The number of likely N-dealkylation sites (N-methyl/N-ethyl adjacent to an activating group) is 1. The summed E-state index contributed by atoms with van der Waals surface area (Å²) < 4.78 is 0. The van der Waals surface area contributed by atoms with Crippen LogP contribution in [0.5, 0.6) is 0 Å². The summed E-state index contributed by atoms with van der Waals surface area (Å²) in [6, 6.07) is 13.6. The molecule has 0 unspecified atom stereocenters. The minimum atomic E-state index is -0.0285. The van der Waals surface area contributed by atoms with Crippen molar-refractivity contribution < 1.29 is 4.79 Å². The fourth-order valence-corrected chi connectivity index (χ4v) is 2.81. The van der Waals surface area contributed by atoms with E-state index in [0.29, 0.717) is 19.0 Å². The van der Waals surface area contributed by atoms with Crippen LogP contribution in [0, 0.1) is 0 Å². The largest absolute Gasteiger partial charge is 0.357 e. The highest BCUT2D eigenvalue weighted by molar-refractivity contribution is 14.0. The predicted octanol–water partition coefficient (Wildman–Crippen LogP) is 3.15. The Balaban J connectivity index is 0.00000420. The molecule has 1 aromatic carbocycles. The van der Waals surface area contributed by atoms with Crippen molar-refractivity contribution in [2.24, 2.45) is 4.99 Å². The number of amides is 1. The molecule has 1 aromatic heterocycles. The summed E-state index contributed by atoms with van der Waals surface area (Å²) in [6.45, 7) is 4.11. The summed E-state index contributed by atoms with van der Waals surface area (Å²) in [7, 11) is 1.79. The Morgan fingerprint density at radius 1 is 1.14 bits per heavy atom. The second-order valence-electron chi connectivity index (χ2n) is 6.35. The summed E-state index contributed by atoms with van der Waals surface area (Å²) in [6.07, 6.45) is 3.27. The molecule has 0 saturated carbocycles.